The van der Waals surface area contributed by atoms with Gasteiger partial charge in [-0.2, -0.15) is 0 Å². The van der Waals surface area contributed by atoms with Gasteiger partial charge in [0, 0.05) is 21.4 Å². The molecule has 4 saturated carbocycles. The Morgan fingerprint density at radius 1 is 1.04 bits per heavy atom. The van der Waals surface area contributed by atoms with Gasteiger partial charge in [0.1, 0.15) is 0 Å². The highest BCUT2D eigenvalue weighted by Gasteiger charge is 2.63. The maximum absolute atomic E-state index is 12.4. The number of aliphatic hydroxyl groups is 3. The Labute approximate surface area is 283 Å². The lowest BCUT2D eigenvalue weighted by atomic mass is 9.43. The summed E-state index contributed by atoms with van der Waals surface area (Å²) >= 11 is 2.15. The van der Waals surface area contributed by atoms with Crippen molar-refractivity contribution >= 4 is 34.2 Å². The number of carbonyl (C=O) groups excluding carboxylic acids is 1. The van der Waals surface area contributed by atoms with E-state index in [1.54, 1.807) is 6.07 Å². The molecule has 45 heavy (non-hydrogen) atoms. The second-order valence-corrected chi connectivity index (χ2v) is 16.9. The quantitative estimate of drug-likeness (QED) is 0.0569. The van der Waals surface area contributed by atoms with E-state index in [2.05, 4.69) is 58.7 Å². The summed E-state index contributed by atoms with van der Waals surface area (Å²) in [6.07, 6.45) is 13.5. The maximum Gasteiger partial charge on any atom is 0.220 e. The highest BCUT2D eigenvalue weighted by molar-refractivity contribution is 14.1. The highest BCUT2D eigenvalue weighted by Crippen LogP contribution is 2.68. The van der Waals surface area contributed by atoms with Crippen LogP contribution in [0.3, 0.4) is 0 Å². The van der Waals surface area contributed by atoms with E-state index < -0.39 is 5.60 Å². The number of carbonyl (C=O) groups is 1. The third-order valence-electron chi connectivity index (χ3n) is 13.1. The molecule has 5 rings (SSSR count). The molecule has 0 aromatic heterocycles. The van der Waals surface area contributed by atoms with Crippen molar-refractivity contribution in [2.45, 2.75) is 135 Å². The monoisotopic (exact) mass is 734 g/mol. The van der Waals surface area contributed by atoms with Crippen LogP contribution in [0.5, 0.6) is 0 Å². The first kappa shape index (κ1) is 34.9. The predicted octanol–water partition coefficient (Wildman–Crippen LogP) is 7.97. The minimum atomic E-state index is -0.684. The Morgan fingerprint density at radius 2 is 1.78 bits per heavy atom. The fraction of sp³-hybridized carbons (Fsp3) is 0.806. The maximum atomic E-state index is 12.4. The van der Waals surface area contributed by atoms with Crippen molar-refractivity contribution in [1.29, 1.82) is 0 Å². The Bertz CT molecular complexity index is 1250. The van der Waals surface area contributed by atoms with Crippen LogP contribution in [0.1, 0.15) is 116 Å². The Morgan fingerprint density at radius 3 is 2.53 bits per heavy atom. The van der Waals surface area contributed by atoms with Gasteiger partial charge in [0.05, 0.1) is 23.5 Å². The summed E-state index contributed by atoms with van der Waals surface area (Å²) in [6, 6.07) is 5.66. The Hall–Kier alpha value is -1.39. The van der Waals surface area contributed by atoms with Crippen LogP contribution < -0.4 is 5.32 Å². The third-order valence-corrected chi connectivity index (χ3v) is 14.0. The van der Waals surface area contributed by atoms with Gasteiger partial charge in [-0.05, 0) is 158 Å². The molecule has 0 spiro atoms. The molecular weight excluding hydrogens is 679 g/mol. The fourth-order valence-electron chi connectivity index (χ4n) is 10.8. The van der Waals surface area contributed by atoms with Gasteiger partial charge in [0.2, 0.25) is 5.91 Å². The lowest BCUT2D eigenvalue weighted by molar-refractivity contribution is -0.179. The van der Waals surface area contributed by atoms with Gasteiger partial charge >= 0.3 is 0 Å². The summed E-state index contributed by atoms with van der Waals surface area (Å²) in [4.78, 5) is 15.2. The summed E-state index contributed by atoms with van der Waals surface area (Å²) in [6.45, 7) is 7.63. The zero-order chi connectivity index (χ0) is 32.4. The van der Waals surface area contributed by atoms with Gasteiger partial charge < -0.3 is 20.6 Å². The van der Waals surface area contributed by atoms with E-state index in [1.807, 2.05) is 12.1 Å². The van der Waals surface area contributed by atoms with Gasteiger partial charge in [0.25, 0.3) is 0 Å². The number of halogens is 1. The molecule has 4 fully saturated rings. The van der Waals surface area contributed by atoms with Crippen molar-refractivity contribution < 1.29 is 20.1 Å². The van der Waals surface area contributed by atoms with E-state index in [0.29, 0.717) is 48.7 Å². The number of unbranched alkanes of at least 4 members (excludes halogenated alkanes) is 3. The molecule has 4 N–H and O–H groups in total. The molecule has 0 heterocycles. The molecule has 0 bridgehead atoms. The normalized spacial score (nSPS) is 37.0. The van der Waals surface area contributed by atoms with Gasteiger partial charge in [-0.15, -0.1) is 0 Å². The molecular formula is C36H55IN4O4. The molecule has 250 valence electrons. The molecule has 8 nitrogen and oxygen atoms in total. The van der Waals surface area contributed by atoms with Crippen molar-refractivity contribution in [2.24, 2.45) is 45.5 Å². The summed E-state index contributed by atoms with van der Waals surface area (Å²) < 4.78 is 0.884. The summed E-state index contributed by atoms with van der Waals surface area (Å²) in [5.41, 5.74) is 9.85. The molecule has 1 aromatic rings. The number of hydrogen-bond acceptors (Lipinski definition) is 5. The average molecular weight is 735 g/mol. The smallest absolute Gasteiger partial charge is 0.220 e. The number of aliphatic hydroxyl groups excluding tert-OH is 2. The molecule has 4 aliphatic rings. The molecule has 1 aromatic carbocycles. The standard InChI is InChI=1S/C36H55IN4O4/c1-34-17-14-24(42)21-28(34)31(43)22-25-26-10-12-32(35(26,2)18-15-27(25)34)36(3,45)16-6-4-5-7-19-39-33(44)13-9-23-8-11-30(40-41-38)29(37)20-23/h8,11,20,24-28,31-32,42-43,45H,4-7,9-10,12-19,21-22H2,1-3H3,(H,39,44)/t24-,25-,26-,27-,28+,31-,32-,34+,35-,36-/m0/s1. The van der Waals surface area contributed by atoms with Gasteiger partial charge in [-0.1, -0.05) is 50.4 Å². The first-order valence-electron chi connectivity index (χ1n) is 17.6. The number of benzene rings is 1. The van der Waals surface area contributed by atoms with Gasteiger partial charge in [0.15, 0.2) is 0 Å². The van der Waals surface area contributed by atoms with E-state index in [9.17, 15) is 20.1 Å². The van der Waals surface area contributed by atoms with E-state index in [-0.39, 0.29) is 34.9 Å². The number of amides is 1. The number of nitrogens with one attached hydrogen (secondary N) is 1. The molecule has 9 heteroatoms. The minimum absolute atomic E-state index is 0.0573. The number of aryl methyl sites for hydroxylation is 1. The van der Waals surface area contributed by atoms with Crippen molar-refractivity contribution in [3.63, 3.8) is 0 Å². The van der Waals surface area contributed by atoms with E-state index in [1.165, 1.54) is 12.8 Å². The Kier molecular flexibility index (Phi) is 11.2. The second-order valence-electron chi connectivity index (χ2n) is 15.7. The van der Waals surface area contributed by atoms with E-state index >= 15 is 0 Å². The van der Waals surface area contributed by atoms with Crippen LogP contribution in [-0.2, 0) is 11.2 Å². The zero-order valence-electron chi connectivity index (χ0n) is 27.6. The number of rotatable bonds is 12. The molecule has 0 unspecified atom stereocenters. The lowest BCUT2D eigenvalue weighted by Crippen LogP contribution is -2.59. The first-order valence-corrected chi connectivity index (χ1v) is 18.7. The van der Waals surface area contributed by atoms with E-state index in [4.69, 9.17) is 5.53 Å². The minimum Gasteiger partial charge on any atom is -0.393 e. The SMILES string of the molecule is C[C@]12CC[C@H](O)C[C@@H]1[C@@H](O)C[C@@H]1[C@@H]2CC[C@@]2(C)[C@H]1CC[C@@H]2[C@@](C)(O)CCCCCCNC(=O)CCc1ccc(N=[N+]=[N-])c(I)c1. The average Bonchev–Trinajstić information content (AvgIpc) is 3.36. The first-order chi connectivity index (χ1) is 21.4. The van der Waals surface area contributed by atoms with Crippen LogP contribution in [0.15, 0.2) is 23.3 Å². The third kappa shape index (κ3) is 7.38. The van der Waals surface area contributed by atoms with Crippen molar-refractivity contribution in [2.75, 3.05) is 6.54 Å². The van der Waals surface area contributed by atoms with Crippen LogP contribution in [0, 0.1) is 44.0 Å². The number of fused-ring (bicyclic) bond motifs is 5. The number of azide groups is 1. The van der Waals surface area contributed by atoms with Crippen LogP contribution in [0.2, 0.25) is 0 Å². The molecule has 0 saturated heterocycles. The zero-order valence-corrected chi connectivity index (χ0v) is 29.7. The molecule has 1 amide bonds. The van der Waals surface area contributed by atoms with E-state index in [0.717, 1.165) is 79.8 Å². The lowest BCUT2D eigenvalue weighted by Gasteiger charge is -2.62. The molecule has 0 aliphatic heterocycles. The molecule has 0 radical (unpaired) electrons. The van der Waals surface area contributed by atoms with Gasteiger partial charge in [-0.3, -0.25) is 4.79 Å². The second kappa shape index (κ2) is 14.4. The summed E-state index contributed by atoms with van der Waals surface area (Å²) in [7, 11) is 0. The highest BCUT2D eigenvalue weighted by atomic mass is 127. The molecule has 4 aliphatic carbocycles. The number of nitrogens with zero attached hydrogens (tertiary/aromatic N) is 3. The van der Waals surface area contributed by atoms with Crippen LogP contribution in [-0.4, -0.2) is 45.6 Å². The Balaban J connectivity index is 1.03. The fourth-order valence-corrected chi connectivity index (χ4v) is 11.5. The largest absolute Gasteiger partial charge is 0.393 e. The summed E-state index contributed by atoms with van der Waals surface area (Å²) in [5.74, 6) is 2.30. The number of hydrogen-bond donors (Lipinski definition) is 4. The van der Waals surface area contributed by atoms with Gasteiger partial charge in [-0.25, -0.2) is 0 Å². The van der Waals surface area contributed by atoms with Crippen molar-refractivity contribution in [3.05, 3.63) is 37.8 Å². The van der Waals surface area contributed by atoms with Crippen LogP contribution in [0.25, 0.3) is 10.4 Å². The van der Waals surface area contributed by atoms with Crippen molar-refractivity contribution in [1.82, 2.24) is 5.32 Å². The predicted molar refractivity (Wildman–Crippen MR) is 186 cm³/mol. The molecule has 10 atom stereocenters. The van der Waals surface area contributed by atoms with Crippen molar-refractivity contribution in [3.8, 4) is 0 Å². The van der Waals surface area contributed by atoms with Crippen LogP contribution >= 0.6 is 22.6 Å². The summed E-state index contributed by atoms with van der Waals surface area (Å²) in [5, 5.41) is 40.2. The topological polar surface area (TPSA) is 139 Å². The van der Waals surface area contributed by atoms with Crippen LogP contribution in [0.4, 0.5) is 5.69 Å².